The molecule has 0 aliphatic heterocycles. The third-order valence-electron chi connectivity index (χ3n) is 10.0. The number of allylic oxidation sites excluding steroid dienone is 4. The van der Waals surface area contributed by atoms with Crippen LogP contribution in [0.15, 0.2) is 35.5 Å². The highest BCUT2D eigenvalue weighted by Crippen LogP contribution is 2.70. The molecule has 4 fully saturated rings. The zero-order chi connectivity index (χ0) is 31.1. The Morgan fingerprint density at radius 3 is 2.00 bits per heavy atom. The van der Waals surface area contributed by atoms with Crippen LogP contribution < -0.4 is 0 Å². The number of fused-ring (bicyclic) bond motifs is 1. The highest BCUT2D eigenvalue weighted by Gasteiger charge is 2.69. The topological polar surface area (TPSA) is 72.8 Å². The summed E-state index contributed by atoms with van der Waals surface area (Å²) >= 11 is 0. The first-order valence-corrected chi connectivity index (χ1v) is 14.7. The van der Waals surface area contributed by atoms with E-state index in [4.69, 9.17) is 9.47 Å². The van der Waals surface area contributed by atoms with Crippen LogP contribution in [-0.4, -0.2) is 47.2 Å². The molecule has 0 radical (unpaired) electrons. The van der Waals surface area contributed by atoms with Crippen LogP contribution in [0, 0.1) is 22.7 Å². The van der Waals surface area contributed by atoms with Crippen molar-refractivity contribution in [3.05, 3.63) is 35.5 Å². The molecule has 5 atom stereocenters. The summed E-state index contributed by atoms with van der Waals surface area (Å²) in [5.41, 5.74) is -3.08. The Labute approximate surface area is 242 Å². The Hall–Kier alpha value is -2.30. The lowest BCUT2D eigenvalue weighted by Crippen LogP contribution is -2.55. The van der Waals surface area contributed by atoms with Gasteiger partial charge in [-0.05, 0) is 80.1 Å². The van der Waals surface area contributed by atoms with Crippen molar-refractivity contribution in [3.8, 4) is 0 Å². The van der Waals surface area contributed by atoms with Crippen LogP contribution in [0.4, 0.5) is 26.3 Å². The minimum absolute atomic E-state index is 0.0621. The third-order valence-corrected chi connectivity index (χ3v) is 10.0. The summed E-state index contributed by atoms with van der Waals surface area (Å²) in [7, 11) is 0. The zero-order valence-electron chi connectivity index (χ0n) is 24.2. The number of hydrogen-bond donors (Lipinski definition) is 1. The molecular weight excluding hydrogens is 566 g/mol. The molecule has 0 aromatic rings. The van der Waals surface area contributed by atoms with Gasteiger partial charge in [0.1, 0.15) is 12.2 Å². The lowest BCUT2D eigenvalue weighted by Gasteiger charge is -2.45. The van der Waals surface area contributed by atoms with E-state index < -0.39 is 29.9 Å². The summed E-state index contributed by atoms with van der Waals surface area (Å²) in [6.07, 6.45) is -0.0200. The van der Waals surface area contributed by atoms with E-state index in [1.807, 2.05) is 6.08 Å². The molecule has 236 valence electrons. The van der Waals surface area contributed by atoms with Crippen LogP contribution in [0.5, 0.6) is 0 Å². The van der Waals surface area contributed by atoms with Crippen LogP contribution in [0.25, 0.3) is 0 Å². The largest absolute Gasteiger partial charge is 0.462 e. The molecule has 42 heavy (non-hydrogen) atoms. The summed E-state index contributed by atoms with van der Waals surface area (Å²) in [5.74, 6) is -0.399. The Morgan fingerprint density at radius 2 is 1.50 bits per heavy atom. The Kier molecular flexibility index (Phi) is 9.05. The standard InChI is InChI=1S/C31H40F6O5/c1-19(38)41-23-16-21(17-24(18-23)42-20(2)39)7-8-22-6-4-11-27(3)25(22)9-10-26(27)28(14-15-28)12-5-13-29(40,30(32,33)34)31(35,36)37/h5,7-8,13,23-26,40H,4,6,9-12,14-18H2,1-3H3/b13-5+,21-7-,22-8+/t23?,24-,25?,26?,27+/m1/s1. The number of carbonyl (C=O) groups excluding carboxylic acids is 2. The number of hydrogen-bond acceptors (Lipinski definition) is 5. The maximum Gasteiger partial charge on any atom is 0.429 e. The number of alkyl halides is 6. The van der Waals surface area contributed by atoms with Gasteiger partial charge in [0, 0.05) is 33.1 Å². The van der Waals surface area contributed by atoms with E-state index in [0.29, 0.717) is 19.3 Å². The summed E-state index contributed by atoms with van der Waals surface area (Å²) < 4.78 is 89.7. The monoisotopic (exact) mass is 606 g/mol. The van der Waals surface area contributed by atoms with Gasteiger partial charge in [-0.15, -0.1) is 0 Å². The van der Waals surface area contributed by atoms with E-state index in [0.717, 1.165) is 56.6 Å². The Morgan fingerprint density at radius 1 is 0.929 bits per heavy atom. The zero-order valence-corrected chi connectivity index (χ0v) is 24.2. The molecule has 0 aromatic heterocycles. The van der Waals surface area contributed by atoms with Crippen LogP contribution in [0.3, 0.4) is 0 Å². The van der Waals surface area contributed by atoms with Crippen molar-refractivity contribution in [1.82, 2.24) is 0 Å². The van der Waals surface area contributed by atoms with Crippen molar-refractivity contribution in [2.75, 3.05) is 0 Å². The van der Waals surface area contributed by atoms with Gasteiger partial charge in [-0.2, -0.15) is 26.3 Å². The minimum Gasteiger partial charge on any atom is -0.462 e. The highest BCUT2D eigenvalue weighted by molar-refractivity contribution is 5.67. The van der Waals surface area contributed by atoms with Crippen molar-refractivity contribution in [2.45, 2.75) is 122 Å². The van der Waals surface area contributed by atoms with Crippen LogP contribution in [0.1, 0.15) is 91.4 Å². The lowest BCUT2D eigenvalue weighted by atomic mass is 9.59. The normalized spacial score (nSPS) is 33.6. The van der Waals surface area contributed by atoms with E-state index in [2.05, 4.69) is 13.0 Å². The number of carbonyl (C=O) groups is 2. The van der Waals surface area contributed by atoms with Gasteiger partial charge in [-0.3, -0.25) is 9.59 Å². The first-order valence-electron chi connectivity index (χ1n) is 14.7. The van der Waals surface area contributed by atoms with Crippen molar-refractivity contribution in [3.63, 3.8) is 0 Å². The minimum atomic E-state index is -5.87. The molecule has 4 aliphatic rings. The molecule has 11 heteroatoms. The lowest BCUT2D eigenvalue weighted by molar-refractivity contribution is -0.347. The van der Waals surface area contributed by atoms with Gasteiger partial charge >= 0.3 is 24.3 Å². The molecule has 0 bridgehead atoms. The van der Waals surface area contributed by atoms with Crippen LogP contribution >= 0.6 is 0 Å². The number of ether oxygens (including phenoxy) is 2. The smallest absolute Gasteiger partial charge is 0.429 e. The summed E-state index contributed by atoms with van der Waals surface area (Å²) in [6.45, 7) is 4.89. The second-order valence-electron chi connectivity index (χ2n) is 12.9. The maximum absolute atomic E-state index is 13.1. The highest BCUT2D eigenvalue weighted by atomic mass is 19.4. The maximum atomic E-state index is 13.1. The Balaban J connectivity index is 1.50. The second kappa shape index (κ2) is 11.7. The predicted octanol–water partition coefficient (Wildman–Crippen LogP) is 7.69. The van der Waals surface area contributed by atoms with Crippen molar-refractivity contribution in [2.24, 2.45) is 22.7 Å². The van der Waals surface area contributed by atoms with Crippen LogP contribution in [0.2, 0.25) is 0 Å². The molecule has 0 aromatic carbocycles. The van der Waals surface area contributed by atoms with Gasteiger partial charge in [0.25, 0.3) is 5.60 Å². The quantitative estimate of drug-likeness (QED) is 0.183. The number of aliphatic hydroxyl groups is 1. The molecule has 4 saturated carbocycles. The summed E-state index contributed by atoms with van der Waals surface area (Å²) in [5, 5.41) is 9.53. The third kappa shape index (κ3) is 6.60. The van der Waals surface area contributed by atoms with Gasteiger partial charge in [-0.1, -0.05) is 36.3 Å². The van der Waals surface area contributed by atoms with Gasteiger partial charge in [0.2, 0.25) is 0 Å². The van der Waals surface area contributed by atoms with E-state index in [-0.39, 0.29) is 47.4 Å². The predicted molar refractivity (Wildman–Crippen MR) is 142 cm³/mol. The first kappa shape index (κ1) is 32.6. The SMILES string of the molecule is CC(=O)OC1C/C(=C/C=C2\CCC[C@@]3(C)C2CCC3C2(C/C=C/C(O)(C(F)(F)F)C(F)(F)F)CC2)C[C@@H](OC(C)=O)C1. The van der Waals surface area contributed by atoms with Gasteiger partial charge in [0.05, 0.1) is 0 Å². The number of halogens is 6. The second-order valence-corrected chi connectivity index (χ2v) is 12.9. The molecule has 1 N–H and O–H groups in total. The molecule has 0 saturated heterocycles. The van der Waals surface area contributed by atoms with Gasteiger partial charge in [-0.25, -0.2) is 0 Å². The van der Waals surface area contributed by atoms with E-state index >= 15 is 0 Å². The van der Waals surface area contributed by atoms with E-state index in [1.165, 1.54) is 19.4 Å². The fourth-order valence-corrected chi connectivity index (χ4v) is 8.05. The average Bonchev–Trinajstić information content (AvgIpc) is 3.52. The molecule has 3 unspecified atom stereocenters. The van der Waals surface area contributed by atoms with E-state index in [1.54, 1.807) is 0 Å². The van der Waals surface area contributed by atoms with Gasteiger partial charge in [0.15, 0.2) is 0 Å². The average molecular weight is 607 g/mol. The van der Waals surface area contributed by atoms with Crippen molar-refractivity contribution in [1.29, 1.82) is 0 Å². The molecule has 0 spiro atoms. The molecular formula is C31H40F6O5. The molecule has 0 amide bonds. The number of rotatable bonds is 7. The fraction of sp³-hybridized carbons (Fsp3) is 0.742. The fourth-order valence-electron chi connectivity index (χ4n) is 8.05. The number of esters is 2. The summed E-state index contributed by atoms with van der Waals surface area (Å²) in [4.78, 5) is 23.1. The summed E-state index contributed by atoms with van der Waals surface area (Å²) in [6, 6.07) is 0. The molecule has 4 rings (SSSR count). The van der Waals surface area contributed by atoms with Crippen molar-refractivity contribution >= 4 is 11.9 Å². The molecule has 4 aliphatic carbocycles. The van der Waals surface area contributed by atoms with E-state index in [9.17, 15) is 41.0 Å². The molecule has 5 nitrogen and oxygen atoms in total. The Bertz CT molecular complexity index is 1090. The molecule has 0 heterocycles. The van der Waals surface area contributed by atoms with Gasteiger partial charge < -0.3 is 14.6 Å². The van der Waals surface area contributed by atoms with Crippen molar-refractivity contribution < 1.29 is 50.5 Å². The first-order chi connectivity index (χ1) is 19.4. The van der Waals surface area contributed by atoms with Crippen LogP contribution in [-0.2, 0) is 19.1 Å².